The van der Waals surface area contributed by atoms with Crippen LogP contribution in [-0.2, 0) is 28.6 Å². The Balaban J connectivity index is 2.12. The smallest absolute Gasteiger partial charge is 0.417 e. The number of rotatable bonds is 10. The van der Waals surface area contributed by atoms with Crippen LogP contribution in [0.25, 0.3) is 0 Å². The van der Waals surface area contributed by atoms with Crippen molar-refractivity contribution in [2.45, 2.75) is 45.5 Å². The first-order valence-electron chi connectivity index (χ1n) is 13.3. The molecule has 3 rings (SSSR count). The van der Waals surface area contributed by atoms with Gasteiger partial charge in [0.15, 0.2) is 11.6 Å². The standard InChI is InChI=1S/C29H28ClF5N4O7/c1-28(2,3)46-27(41)38(11-10-21-23(39(42)43)8-9-24(37-21)44-4)14-16-20(7-6-19(31)25(16)32)36-22-13-17(29(33,34)35)18(30)12-15(22)26(40)45-5/h6-9,12-13,36H,10-11,14H2,1-5H3. The molecule has 0 fully saturated rings. The summed E-state index contributed by atoms with van der Waals surface area (Å²) in [7, 11) is 2.26. The van der Waals surface area contributed by atoms with E-state index in [-0.39, 0.29) is 30.2 Å². The first kappa shape index (κ1) is 35.7. The number of esters is 1. The van der Waals surface area contributed by atoms with Gasteiger partial charge in [-0.1, -0.05) is 11.6 Å². The third-order valence-electron chi connectivity index (χ3n) is 6.23. The van der Waals surface area contributed by atoms with Gasteiger partial charge < -0.3 is 24.4 Å². The quantitative estimate of drug-likeness (QED) is 0.101. The molecule has 0 atom stereocenters. The molecule has 1 amide bonds. The van der Waals surface area contributed by atoms with Crippen LogP contribution >= 0.6 is 11.6 Å². The molecule has 0 aliphatic heterocycles. The van der Waals surface area contributed by atoms with Gasteiger partial charge in [0.05, 0.1) is 47.5 Å². The van der Waals surface area contributed by atoms with Gasteiger partial charge in [0.1, 0.15) is 11.3 Å². The molecule has 0 saturated carbocycles. The molecule has 0 saturated heterocycles. The molecule has 11 nitrogen and oxygen atoms in total. The molecule has 2 aromatic carbocycles. The number of methoxy groups -OCH3 is 2. The van der Waals surface area contributed by atoms with E-state index in [1.807, 2.05) is 0 Å². The summed E-state index contributed by atoms with van der Waals surface area (Å²) in [6, 6.07) is 5.28. The number of alkyl halides is 3. The maximum absolute atomic E-state index is 15.4. The first-order chi connectivity index (χ1) is 21.4. The number of halogens is 6. The monoisotopic (exact) mass is 674 g/mol. The average molecular weight is 675 g/mol. The van der Waals surface area contributed by atoms with Crippen molar-refractivity contribution in [2.75, 3.05) is 26.1 Å². The van der Waals surface area contributed by atoms with Gasteiger partial charge in [0.2, 0.25) is 5.88 Å². The Morgan fingerprint density at radius 3 is 2.30 bits per heavy atom. The summed E-state index contributed by atoms with van der Waals surface area (Å²) in [6.45, 7) is 3.50. The van der Waals surface area contributed by atoms with Crippen LogP contribution in [0.5, 0.6) is 5.88 Å². The van der Waals surface area contributed by atoms with Crippen LogP contribution < -0.4 is 10.1 Å². The molecule has 0 bridgehead atoms. The van der Waals surface area contributed by atoms with Crippen LogP contribution in [0.4, 0.5) is 43.8 Å². The molecule has 1 heterocycles. The molecule has 0 aliphatic rings. The van der Waals surface area contributed by atoms with Crippen molar-refractivity contribution in [1.29, 1.82) is 0 Å². The fourth-order valence-corrected chi connectivity index (χ4v) is 4.38. The van der Waals surface area contributed by atoms with Crippen LogP contribution in [0, 0.1) is 21.7 Å². The van der Waals surface area contributed by atoms with Crippen molar-refractivity contribution in [3.8, 4) is 5.88 Å². The molecule has 3 aromatic rings. The number of nitrogens with one attached hydrogen (secondary N) is 1. The number of hydrogen-bond donors (Lipinski definition) is 1. The highest BCUT2D eigenvalue weighted by Crippen LogP contribution is 2.39. The summed E-state index contributed by atoms with van der Waals surface area (Å²) < 4.78 is 86.1. The predicted molar refractivity (Wildman–Crippen MR) is 155 cm³/mol. The molecule has 0 unspecified atom stereocenters. The van der Waals surface area contributed by atoms with E-state index in [4.69, 9.17) is 21.1 Å². The van der Waals surface area contributed by atoms with E-state index < -0.39 is 80.0 Å². The summed E-state index contributed by atoms with van der Waals surface area (Å²) in [5.74, 6) is -3.90. The van der Waals surface area contributed by atoms with Gasteiger partial charge in [-0.05, 0) is 45.0 Å². The van der Waals surface area contributed by atoms with Crippen LogP contribution in [0.3, 0.4) is 0 Å². The van der Waals surface area contributed by atoms with Crippen LogP contribution in [0.1, 0.15) is 48.0 Å². The zero-order valence-electron chi connectivity index (χ0n) is 25.1. The van der Waals surface area contributed by atoms with E-state index >= 15 is 4.39 Å². The highest BCUT2D eigenvalue weighted by molar-refractivity contribution is 6.32. The lowest BCUT2D eigenvalue weighted by atomic mass is 10.1. The summed E-state index contributed by atoms with van der Waals surface area (Å²) in [4.78, 5) is 41.5. The average Bonchev–Trinajstić information content (AvgIpc) is 2.96. The van der Waals surface area contributed by atoms with E-state index in [0.717, 1.165) is 24.1 Å². The van der Waals surface area contributed by atoms with Gasteiger partial charge in [0.25, 0.3) is 5.69 Å². The lowest BCUT2D eigenvalue weighted by Crippen LogP contribution is -2.38. The zero-order chi connectivity index (χ0) is 34.6. The lowest BCUT2D eigenvalue weighted by Gasteiger charge is -2.28. The van der Waals surface area contributed by atoms with Crippen LogP contribution in [0.15, 0.2) is 36.4 Å². The number of carbonyl (C=O) groups excluding carboxylic acids is 2. The topological polar surface area (TPSA) is 133 Å². The van der Waals surface area contributed by atoms with Crippen molar-refractivity contribution < 1.29 is 50.7 Å². The minimum Gasteiger partial charge on any atom is -0.481 e. The van der Waals surface area contributed by atoms with Gasteiger partial charge in [-0.3, -0.25) is 10.1 Å². The molecule has 0 spiro atoms. The number of nitro groups is 1. The fourth-order valence-electron chi connectivity index (χ4n) is 4.11. The Bertz CT molecular complexity index is 1650. The number of pyridine rings is 1. The minimum atomic E-state index is -4.96. The number of amides is 1. The van der Waals surface area contributed by atoms with Gasteiger partial charge >= 0.3 is 18.2 Å². The maximum atomic E-state index is 15.4. The Kier molecular flexibility index (Phi) is 11.0. The number of hydrogen-bond acceptors (Lipinski definition) is 9. The summed E-state index contributed by atoms with van der Waals surface area (Å²) in [5, 5.41) is 13.3. The second kappa shape index (κ2) is 14.1. The number of aromatic nitrogens is 1. The molecule has 1 N–H and O–H groups in total. The van der Waals surface area contributed by atoms with Crippen LogP contribution in [-0.4, -0.2) is 53.2 Å². The SMILES string of the molecule is COC(=O)c1cc(Cl)c(C(F)(F)F)cc1Nc1ccc(F)c(F)c1CN(CCc1nc(OC)ccc1[N+](=O)[O-])C(=O)OC(C)(C)C. The Labute approximate surface area is 264 Å². The van der Waals surface area contributed by atoms with Crippen molar-refractivity contribution in [1.82, 2.24) is 9.88 Å². The molecule has 0 radical (unpaired) electrons. The molecule has 0 aliphatic carbocycles. The van der Waals surface area contributed by atoms with Gasteiger partial charge in [-0.25, -0.2) is 23.4 Å². The Morgan fingerprint density at radius 1 is 1.07 bits per heavy atom. The third kappa shape index (κ3) is 8.71. The Hall–Kier alpha value is -4.73. The summed E-state index contributed by atoms with van der Waals surface area (Å²) in [5.41, 5.74) is -4.77. The number of anilines is 2. The highest BCUT2D eigenvalue weighted by Gasteiger charge is 2.35. The maximum Gasteiger partial charge on any atom is 0.417 e. The van der Waals surface area contributed by atoms with E-state index in [9.17, 15) is 37.3 Å². The second-order valence-corrected chi connectivity index (χ2v) is 11.0. The van der Waals surface area contributed by atoms with Gasteiger partial charge in [0, 0.05) is 36.3 Å². The van der Waals surface area contributed by atoms with Crippen molar-refractivity contribution >= 4 is 40.7 Å². The number of benzene rings is 2. The summed E-state index contributed by atoms with van der Waals surface area (Å²) in [6.07, 6.45) is -6.26. The second-order valence-electron chi connectivity index (χ2n) is 10.6. The lowest BCUT2D eigenvalue weighted by molar-refractivity contribution is -0.386. The molecular formula is C29H28ClF5N4O7. The Morgan fingerprint density at radius 2 is 1.74 bits per heavy atom. The minimum absolute atomic E-state index is 0.0367. The van der Waals surface area contributed by atoms with E-state index in [1.165, 1.54) is 13.2 Å². The van der Waals surface area contributed by atoms with Crippen molar-refractivity contribution in [3.63, 3.8) is 0 Å². The highest BCUT2D eigenvalue weighted by atomic mass is 35.5. The molecule has 17 heteroatoms. The van der Waals surface area contributed by atoms with Crippen molar-refractivity contribution in [3.05, 3.63) is 85.6 Å². The normalized spacial score (nSPS) is 11.5. The predicted octanol–water partition coefficient (Wildman–Crippen LogP) is 7.46. The van der Waals surface area contributed by atoms with E-state index in [1.54, 1.807) is 20.8 Å². The fraction of sp³-hybridized carbons (Fsp3) is 0.345. The van der Waals surface area contributed by atoms with Gasteiger partial charge in [-0.15, -0.1) is 0 Å². The van der Waals surface area contributed by atoms with Gasteiger partial charge in [-0.2, -0.15) is 13.2 Å². The number of nitrogens with zero attached hydrogens (tertiary/aromatic N) is 3. The third-order valence-corrected chi connectivity index (χ3v) is 6.55. The number of ether oxygens (including phenoxy) is 3. The molecule has 1 aromatic heterocycles. The zero-order valence-corrected chi connectivity index (χ0v) is 25.8. The molecule has 46 heavy (non-hydrogen) atoms. The largest absolute Gasteiger partial charge is 0.481 e. The number of carbonyl (C=O) groups is 2. The van der Waals surface area contributed by atoms with E-state index in [2.05, 4.69) is 15.0 Å². The summed E-state index contributed by atoms with van der Waals surface area (Å²) >= 11 is 5.78. The molecular weight excluding hydrogens is 647 g/mol. The van der Waals surface area contributed by atoms with E-state index in [0.29, 0.717) is 18.2 Å². The van der Waals surface area contributed by atoms with Crippen molar-refractivity contribution in [2.24, 2.45) is 0 Å². The molecule has 248 valence electrons. The van der Waals surface area contributed by atoms with Crippen LogP contribution in [0.2, 0.25) is 5.02 Å². The first-order valence-corrected chi connectivity index (χ1v) is 13.6.